The zero-order chi connectivity index (χ0) is 12.7. The van der Waals surface area contributed by atoms with Crippen molar-refractivity contribution in [3.05, 3.63) is 0 Å². The summed E-state index contributed by atoms with van der Waals surface area (Å²) in [6.45, 7) is 3.42. The molecule has 0 heterocycles. The maximum atomic E-state index is 11.1. The number of hydrogen-bond donors (Lipinski definition) is 1. The fourth-order valence-electron chi connectivity index (χ4n) is 0.768. The third-order valence-corrected chi connectivity index (χ3v) is 1.93. The molecule has 0 saturated heterocycles. The lowest BCUT2D eigenvalue weighted by atomic mass is 10.1. The summed E-state index contributed by atoms with van der Waals surface area (Å²) in [5.41, 5.74) is 0. The van der Waals surface area contributed by atoms with Gasteiger partial charge in [0, 0.05) is 12.8 Å². The second kappa shape index (κ2) is 6.71. The lowest BCUT2D eigenvalue weighted by Gasteiger charge is -2.09. The van der Waals surface area contributed by atoms with Crippen molar-refractivity contribution < 1.29 is 29.0 Å². The van der Waals surface area contributed by atoms with Crippen LogP contribution in [0.4, 0.5) is 0 Å². The van der Waals surface area contributed by atoms with Crippen molar-refractivity contribution in [3.63, 3.8) is 0 Å². The number of ketones is 2. The number of rotatable bonds is 7. The molecule has 1 atom stereocenters. The molecule has 6 heteroatoms. The summed E-state index contributed by atoms with van der Waals surface area (Å²) in [5, 5.41) is 8.24. The van der Waals surface area contributed by atoms with Crippen molar-refractivity contribution in [3.8, 4) is 0 Å². The van der Waals surface area contributed by atoms with Gasteiger partial charge in [0.25, 0.3) is 0 Å². The first-order chi connectivity index (χ1) is 7.38. The molecule has 0 aromatic heterocycles. The van der Waals surface area contributed by atoms with E-state index in [2.05, 4.69) is 0 Å². The molecule has 6 nitrogen and oxygen atoms in total. The largest absolute Gasteiger partial charge is 0.476 e. The molecule has 0 amide bonds. The third kappa shape index (κ3) is 5.23. The van der Waals surface area contributed by atoms with Gasteiger partial charge in [-0.3, -0.25) is 9.59 Å². The van der Waals surface area contributed by atoms with E-state index >= 15 is 0 Å². The fourth-order valence-corrected chi connectivity index (χ4v) is 0.768. The van der Waals surface area contributed by atoms with Crippen LogP contribution in [0.25, 0.3) is 0 Å². The topological polar surface area (TPSA) is 97.7 Å². The Morgan fingerprint density at radius 3 is 2.06 bits per heavy atom. The molecule has 1 N–H and O–H groups in total. The zero-order valence-electron chi connectivity index (χ0n) is 9.19. The summed E-state index contributed by atoms with van der Waals surface area (Å²) in [7, 11) is 0. The number of hydrogen-bond acceptors (Lipinski definition) is 5. The SMILES string of the molecule is CCC(C)OC(=O)C(=O)CCC(=O)C(=O)O. The van der Waals surface area contributed by atoms with E-state index in [0.717, 1.165) is 0 Å². The molecule has 0 aliphatic carbocycles. The van der Waals surface area contributed by atoms with E-state index in [1.807, 2.05) is 0 Å². The van der Waals surface area contributed by atoms with Crippen LogP contribution in [0.2, 0.25) is 0 Å². The molecule has 0 aliphatic rings. The Bertz CT molecular complexity index is 306. The highest BCUT2D eigenvalue weighted by atomic mass is 16.5. The van der Waals surface area contributed by atoms with E-state index in [9.17, 15) is 19.2 Å². The number of carboxylic acid groups (broad SMARTS) is 1. The van der Waals surface area contributed by atoms with Gasteiger partial charge in [-0.1, -0.05) is 6.92 Å². The lowest BCUT2D eigenvalue weighted by molar-refractivity contribution is -0.158. The number of aliphatic carboxylic acids is 1. The minimum absolute atomic E-state index is 0.369. The van der Waals surface area contributed by atoms with Crippen molar-refractivity contribution in [2.75, 3.05) is 0 Å². The van der Waals surface area contributed by atoms with Gasteiger partial charge in [0.2, 0.25) is 11.6 Å². The van der Waals surface area contributed by atoms with Gasteiger partial charge in [0.05, 0.1) is 6.10 Å². The molecule has 90 valence electrons. The van der Waals surface area contributed by atoms with Crippen LogP contribution in [0.3, 0.4) is 0 Å². The quantitative estimate of drug-likeness (QED) is 0.500. The first kappa shape index (κ1) is 14.3. The molecule has 0 radical (unpaired) electrons. The summed E-state index contributed by atoms with van der Waals surface area (Å²) >= 11 is 0. The van der Waals surface area contributed by atoms with Crippen LogP contribution in [0.1, 0.15) is 33.1 Å². The second-order valence-electron chi connectivity index (χ2n) is 3.28. The molecule has 0 aromatic carbocycles. The summed E-state index contributed by atoms with van der Waals surface area (Å²) in [6.07, 6.45) is -0.705. The Morgan fingerprint density at radius 2 is 1.62 bits per heavy atom. The second-order valence-corrected chi connectivity index (χ2v) is 3.28. The summed E-state index contributed by atoms with van der Waals surface area (Å²) < 4.78 is 4.71. The Hall–Kier alpha value is -1.72. The molecule has 0 rings (SSSR count). The van der Waals surface area contributed by atoms with E-state index in [-0.39, 0.29) is 6.10 Å². The van der Waals surface area contributed by atoms with Gasteiger partial charge in [0.15, 0.2) is 0 Å². The highest BCUT2D eigenvalue weighted by Crippen LogP contribution is 2.00. The summed E-state index contributed by atoms with van der Waals surface area (Å²) in [4.78, 5) is 42.9. The number of carbonyl (C=O) groups is 4. The van der Waals surface area contributed by atoms with Gasteiger partial charge < -0.3 is 9.84 Å². The maximum absolute atomic E-state index is 11.1. The van der Waals surface area contributed by atoms with Gasteiger partial charge in [-0.15, -0.1) is 0 Å². The van der Waals surface area contributed by atoms with Crippen molar-refractivity contribution in [1.82, 2.24) is 0 Å². The van der Waals surface area contributed by atoms with E-state index in [0.29, 0.717) is 6.42 Å². The van der Waals surface area contributed by atoms with E-state index in [4.69, 9.17) is 9.84 Å². The molecule has 16 heavy (non-hydrogen) atoms. The highest BCUT2D eigenvalue weighted by Gasteiger charge is 2.20. The Balaban J connectivity index is 4.02. The molecule has 0 aliphatic heterocycles. The fraction of sp³-hybridized carbons (Fsp3) is 0.600. The standard InChI is InChI=1S/C10H14O6/c1-3-6(2)16-10(15)8(12)5-4-7(11)9(13)14/h6H,3-5H2,1-2H3,(H,13,14). The van der Waals surface area contributed by atoms with Crippen LogP contribution < -0.4 is 0 Å². The minimum Gasteiger partial charge on any atom is -0.476 e. The molecular weight excluding hydrogens is 216 g/mol. The molecule has 0 fully saturated rings. The first-order valence-corrected chi connectivity index (χ1v) is 4.88. The van der Waals surface area contributed by atoms with Crippen molar-refractivity contribution in [2.24, 2.45) is 0 Å². The first-order valence-electron chi connectivity index (χ1n) is 4.88. The summed E-state index contributed by atoms with van der Waals surface area (Å²) in [5.74, 6) is -4.60. The smallest absolute Gasteiger partial charge is 0.374 e. The van der Waals surface area contributed by atoms with Crippen molar-refractivity contribution in [2.45, 2.75) is 39.2 Å². The average molecular weight is 230 g/mol. The Kier molecular flexibility index (Phi) is 5.99. The number of carbonyl (C=O) groups excluding carboxylic acids is 3. The molecule has 1 unspecified atom stereocenters. The monoisotopic (exact) mass is 230 g/mol. The molecule has 0 aromatic rings. The van der Waals surface area contributed by atoms with E-state index in [1.165, 1.54) is 0 Å². The van der Waals surface area contributed by atoms with Gasteiger partial charge in [-0.25, -0.2) is 9.59 Å². The number of carboxylic acids is 1. The average Bonchev–Trinajstić information content (AvgIpc) is 2.24. The van der Waals surface area contributed by atoms with Crippen LogP contribution >= 0.6 is 0 Å². The predicted molar refractivity (Wildman–Crippen MR) is 52.7 cm³/mol. The maximum Gasteiger partial charge on any atom is 0.374 e. The number of esters is 1. The van der Waals surface area contributed by atoms with Gasteiger partial charge in [-0.2, -0.15) is 0 Å². The van der Waals surface area contributed by atoms with Crippen molar-refractivity contribution in [1.29, 1.82) is 0 Å². The molecule has 0 bridgehead atoms. The Morgan fingerprint density at radius 1 is 1.12 bits per heavy atom. The van der Waals surface area contributed by atoms with Crippen LogP contribution in [0.15, 0.2) is 0 Å². The number of Topliss-reactive ketones (excluding diaryl/α,β-unsaturated/α-hetero) is 2. The van der Waals surface area contributed by atoms with Crippen LogP contribution in [0.5, 0.6) is 0 Å². The molecule has 0 spiro atoms. The lowest BCUT2D eigenvalue weighted by Crippen LogP contribution is -2.23. The molecular formula is C10H14O6. The minimum atomic E-state index is -1.61. The summed E-state index contributed by atoms with van der Waals surface area (Å²) in [6, 6.07) is 0. The predicted octanol–water partition coefficient (Wildman–Crippen LogP) is 0.331. The van der Waals surface area contributed by atoms with E-state index < -0.39 is 36.3 Å². The zero-order valence-corrected chi connectivity index (χ0v) is 9.19. The third-order valence-electron chi connectivity index (χ3n) is 1.93. The highest BCUT2D eigenvalue weighted by molar-refractivity contribution is 6.36. The van der Waals surface area contributed by atoms with Crippen molar-refractivity contribution >= 4 is 23.5 Å². The van der Waals surface area contributed by atoms with Crippen LogP contribution in [0, 0.1) is 0 Å². The van der Waals surface area contributed by atoms with Gasteiger partial charge in [0.1, 0.15) is 0 Å². The van der Waals surface area contributed by atoms with Crippen LogP contribution in [-0.2, 0) is 23.9 Å². The van der Waals surface area contributed by atoms with Gasteiger partial charge >= 0.3 is 11.9 Å². The van der Waals surface area contributed by atoms with Gasteiger partial charge in [-0.05, 0) is 13.3 Å². The van der Waals surface area contributed by atoms with E-state index in [1.54, 1.807) is 13.8 Å². The molecule has 0 saturated carbocycles. The normalized spacial score (nSPS) is 11.6. The number of ether oxygens (including phenoxy) is 1. The van der Waals surface area contributed by atoms with Crippen LogP contribution in [-0.4, -0.2) is 34.7 Å². The Labute approximate surface area is 92.6 Å².